The molecule has 0 aliphatic carbocycles. The first-order valence-corrected chi connectivity index (χ1v) is 7.09. The summed E-state index contributed by atoms with van der Waals surface area (Å²) in [5, 5.41) is 0. The Morgan fingerprint density at radius 2 is 2.00 bits per heavy atom. The van der Waals surface area contributed by atoms with E-state index in [1.54, 1.807) is 26.0 Å². The molecule has 0 atom stereocenters. The molecule has 0 aromatic heterocycles. The highest BCUT2D eigenvalue weighted by Crippen LogP contribution is 2.30. The van der Waals surface area contributed by atoms with E-state index < -0.39 is 11.4 Å². The number of carbonyl (C=O) groups is 2. The minimum Gasteiger partial charge on any atom is -0.327 e. The summed E-state index contributed by atoms with van der Waals surface area (Å²) in [7, 11) is 0. The van der Waals surface area contributed by atoms with Gasteiger partial charge in [0.05, 0.1) is 5.69 Å². The molecule has 2 rings (SSSR count). The molecule has 6 heteroatoms. The maximum Gasteiger partial charge on any atom is 0.252 e. The molecule has 4 nitrogen and oxygen atoms in total. The van der Waals surface area contributed by atoms with Crippen molar-refractivity contribution in [3.63, 3.8) is 0 Å². The van der Waals surface area contributed by atoms with E-state index in [-0.39, 0.29) is 24.0 Å². The normalized spacial score (nSPS) is 18.4. The molecule has 1 saturated heterocycles. The van der Waals surface area contributed by atoms with Gasteiger partial charge < -0.3 is 9.80 Å². The van der Waals surface area contributed by atoms with Crippen molar-refractivity contribution in [1.29, 1.82) is 0 Å². The summed E-state index contributed by atoms with van der Waals surface area (Å²) >= 11 is 3.28. The lowest BCUT2D eigenvalue weighted by atomic mass is 9.96. The van der Waals surface area contributed by atoms with Crippen molar-refractivity contribution in [1.82, 2.24) is 4.90 Å². The monoisotopic (exact) mass is 342 g/mol. The van der Waals surface area contributed by atoms with Crippen LogP contribution in [0.1, 0.15) is 20.8 Å². The Bertz CT molecular complexity index is 574. The molecule has 1 aliphatic heterocycles. The van der Waals surface area contributed by atoms with Gasteiger partial charge in [-0.15, -0.1) is 0 Å². The second-order valence-corrected chi connectivity index (χ2v) is 6.20. The highest BCUT2D eigenvalue weighted by Gasteiger charge is 2.44. The Hall–Kier alpha value is -1.43. The van der Waals surface area contributed by atoms with E-state index in [9.17, 15) is 14.0 Å². The van der Waals surface area contributed by atoms with Crippen molar-refractivity contribution in [2.45, 2.75) is 26.3 Å². The van der Waals surface area contributed by atoms with Crippen molar-refractivity contribution in [2.24, 2.45) is 0 Å². The molecule has 0 spiro atoms. The van der Waals surface area contributed by atoms with Gasteiger partial charge in [-0.25, -0.2) is 4.39 Å². The number of benzene rings is 1. The summed E-state index contributed by atoms with van der Waals surface area (Å²) in [5.74, 6) is -0.887. The first-order chi connectivity index (χ1) is 9.25. The van der Waals surface area contributed by atoms with Crippen LogP contribution in [-0.2, 0) is 9.59 Å². The molecular weight excluding hydrogens is 327 g/mol. The second-order valence-electron chi connectivity index (χ2n) is 5.28. The Morgan fingerprint density at radius 1 is 1.35 bits per heavy atom. The zero-order valence-corrected chi connectivity index (χ0v) is 13.2. The quantitative estimate of drug-likeness (QED) is 0.786. The smallest absolute Gasteiger partial charge is 0.252 e. The van der Waals surface area contributed by atoms with E-state index in [4.69, 9.17) is 0 Å². The van der Waals surface area contributed by atoms with E-state index >= 15 is 0 Å². The van der Waals surface area contributed by atoms with Gasteiger partial charge in [-0.1, -0.05) is 15.9 Å². The molecule has 1 fully saturated rings. The lowest BCUT2D eigenvalue weighted by Gasteiger charge is -2.45. The van der Waals surface area contributed by atoms with Crippen LogP contribution >= 0.6 is 15.9 Å². The summed E-state index contributed by atoms with van der Waals surface area (Å²) in [6, 6.07) is 4.48. The molecule has 0 N–H and O–H groups in total. The molecule has 108 valence electrons. The third kappa shape index (κ3) is 2.44. The van der Waals surface area contributed by atoms with Crippen LogP contribution in [0, 0.1) is 5.82 Å². The molecule has 1 aliphatic rings. The van der Waals surface area contributed by atoms with E-state index in [2.05, 4.69) is 15.9 Å². The number of carbonyl (C=O) groups excluding carboxylic acids is 2. The van der Waals surface area contributed by atoms with Crippen molar-refractivity contribution in [3.05, 3.63) is 28.5 Å². The molecular formula is C14H16BrFN2O2. The molecule has 1 aromatic rings. The van der Waals surface area contributed by atoms with Crippen LogP contribution in [0.25, 0.3) is 0 Å². The summed E-state index contributed by atoms with van der Waals surface area (Å²) in [4.78, 5) is 27.1. The fourth-order valence-corrected chi connectivity index (χ4v) is 2.85. The van der Waals surface area contributed by atoms with Crippen molar-refractivity contribution in [3.8, 4) is 0 Å². The van der Waals surface area contributed by atoms with Crippen LogP contribution < -0.4 is 4.90 Å². The lowest BCUT2D eigenvalue weighted by molar-refractivity contribution is -0.145. The average Bonchev–Trinajstić information content (AvgIpc) is 2.35. The van der Waals surface area contributed by atoms with E-state index in [0.29, 0.717) is 11.0 Å². The molecule has 20 heavy (non-hydrogen) atoms. The van der Waals surface area contributed by atoms with Gasteiger partial charge in [0, 0.05) is 24.5 Å². The first kappa shape index (κ1) is 15.0. The van der Waals surface area contributed by atoms with E-state index in [1.165, 1.54) is 22.8 Å². The SMILES string of the molecule is CC(=O)N1CCN(c2cc(Br)ccc2F)C(=O)C1(C)C. The molecule has 1 aromatic carbocycles. The largest absolute Gasteiger partial charge is 0.327 e. The summed E-state index contributed by atoms with van der Waals surface area (Å²) in [6.07, 6.45) is 0. The standard InChI is InChI=1S/C14H16BrFN2O2/c1-9(19)18-7-6-17(13(20)14(18,2)3)12-8-10(15)4-5-11(12)16/h4-5,8H,6-7H2,1-3H3. The zero-order chi connectivity index (χ0) is 15.1. The van der Waals surface area contributed by atoms with E-state index in [0.717, 1.165) is 0 Å². The number of hydrogen-bond donors (Lipinski definition) is 0. The number of halogens is 2. The topological polar surface area (TPSA) is 40.6 Å². The van der Waals surface area contributed by atoms with Crippen LogP contribution in [-0.4, -0.2) is 35.3 Å². The third-order valence-electron chi connectivity index (χ3n) is 3.57. The average molecular weight is 343 g/mol. The second kappa shape index (κ2) is 5.16. The van der Waals surface area contributed by atoms with Crippen LogP contribution in [0.5, 0.6) is 0 Å². The van der Waals surface area contributed by atoms with Gasteiger partial charge in [-0.3, -0.25) is 9.59 Å². The Kier molecular flexibility index (Phi) is 3.86. The number of rotatable bonds is 1. The van der Waals surface area contributed by atoms with Gasteiger partial charge in [0.25, 0.3) is 5.91 Å². The van der Waals surface area contributed by atoms with Gasteiger partial charge in [0.2, 0.25) is 5.91 Å². The van der Waals surface area contributed by atoms with Gasteiger partial charge >= 0.3 is 0 Å². The van der Waals surface area contributed by atoms with Gasteiger partial charge in [-0.2, -0.15) is 0 Å². The zero-order valence-electron chi connectivity index (χ0n) is 11.6. The van der Waals surface area contributed by atoms with Gasteiger partial charge in [-0.05, 0) is 32.0 Å². The van der Waals surface area contributed by atoms with Crippen LogP contribution in [0.2, 0.25) is 0 Å². The predicted octanol–water partition coefficient (Wildman–Crippen LogP) is 2.56. The van der Waals surface area contributed by atoms with Crippen molar-refractivity contribution >= 4 is 33.4 Å². The summed E-state index contributed by atoms with van der Waals surface area (Å²) in [6.45, 7) is 5.47. The number of piperazine rings is 1. The number of hydrogen-bond acceptors (Lipinski definition) is 2. The van der Waals surface area contributed by atoms with E-state index in [1.807, 2.05) is 0 Å². The molecule has 0 unspecified atom stereocenters. The van der Waals surface area contributed by atoms with Crippen LogP contribution in [0.3, 0.4) is 0 Å². The molecule has 0 radical (unpaired) electrons. The summed E-state index contributed by atoms with van der Waals surface area (Å²) in [5.41, 5.74) is -0.737. The minimum absolute atomic E-state index is 0.155. The molecule has 1 heterocycles. The summed E-state index contributed by atoms with van der Waals surface area (Å²) < 4.78 is 14.6. The lowest BCUT2D eigenvalue weighted by Crippen LogP contribution is -2.64. The highest BCUT2D eigenvalue weighted by molar-refractivity contribution is 9.10. The Morgan fingerprint density at radius 3 is 2.60 bits per heavy atom. The fourth-order valence-electron chi connectivity index (χ4n) is 2.50. The van der Waals surface area contributed by atoms with Crippen molar-refractivity contribution in [2.75, 3.05) is 18.0 Å². The van der Waals surface area contributed by atoms with Gasteiger partial charge in [0.1, 0.15) is 11.4 Å². The highest BCUT2D eigenvalue weighted by atomic mass is 79.9. The minimum atomic E-state index is -0.973. The van der Waals surface area contributed by atoms with Crippen LogP contribution in [0.4, 0.5) is 10.1 Å². The Labute approximate surface area is 125 Å². The number of amides is 2. The fraction of sp³-hybridized carbons (Fsp3) is 0.429. The van der Waals surface area contributed by atoms with Crippen molar-refractivity contribution < 1.29 is 14.0 Å². The maximum absolute atomic E-state index is 13.9. The van der Waals surface area contributed by atoms with Gasteiger partial charge in [0.15, 0.2) is 0 Å². The number of nitrogens with zero attached hydrogens (tertiary/aromatic N) is 2. The molecule has 0 bridgehead atoms. The first-order valence-electron chi connectivity index (χ1n) is 6.30. The predicted molar refractivity (Wildman–Crippen MR) is 77.9 cm³/mol. The molecule has 2 amide bonds. The third-order valence-corrected chi connectivity index (χ3v) is 4.06. The maximum atomic E-state index is 13.9. The molecule has 0 saturated carbocycles. The van der Waals surface area contributed by atoms with Crippen LogP contribution in [0.15, 0.2) is 22.7 Å². The number of anilines is 1. The Balaban J connectivity index is 2.39.